The Balaban J connectivity index is 1.41. The topological polar surface area (TPSA) is 60.1 Å². The van der Waals surface area contributed by atoms with E-state index in [1.807, 2.05) is 50.2 Å². The Labute approximate surface area is 217 Å². The molecular formula is C32H31N3O2. The first kappa shape index (κ1) is 24.3. The fourth-order valence-corrected chi connectivity index (χ4v) is 4.78. The van der Waals surface area contributed by atoms with Crippen LogP contribution in [0.2, 0.25) is 0 Å². The number of furan rings is 1. The minimum absolute atomic E-state index is 0.165. The van der Waals surface area contributed by atoms with Gasteiger partial charge in [0.1, 0.15) is 17.1 Å². The molecule has 0 aliphatic carbocycles. The average molecular weight is 490 g/mol. The number of aromatic nitrogens is 2. The van der Waals surface area contributed by atoms with Gasteiger partial charge < -0.3 is 9.73 Å². The third-order valence-electron chi connectivity index (χ3n) is 6.64. The normalized spacial score (nSPS) is 11.1. The predicted octanol–water partition coefficient (Wildman–Crippen LogP) is 7.01. The van der Waals surface area contributed by atoms with Crippen LogP contribution < -0.4 is 5.32 Å². The zero-order chi connectivity index (χ0) is 25.8. The molecule has 1 N–H and O–H groups in total. The Morgan fingerprint density at radius 2 is 1.54 bits per heavy atom. The van der Waals surface area contributed by atoms with E-state index >= 15 is 0 Å². The van der Waals surface area contributed by atoms with Crippen LogP contribution in [0.25, 0.3) is 17.1 Å². The van der Waals surface area contributed by atoms with Crippen LogP contribution in [0.1, 0.15) is 50.8 Å². The standard InChI is InChI=1S/C32H31N3O2/c1-22-14-16-29(23(2)20-22)35-30(21-28(34-35)31-17-15-24(3)37-31)32(36)33-19-18-27(25-10-6-4-7-11-25)26-12-8-5-9-13-26/h4-17,20-21,27H,18-19H2,1-3H3,(H,33,36). The van der Waals surface area contributed by atoms with Crippen molar-refractivity contribution in [2.45, 2.75) is 33.1 Å². The Hall–Kier alpha value is -4.38. The van der Waals surface area contributed by atoms with Crippen molar-refractivity contribution in [2.24, 2.45) is 0 Å². The van der Waals surface area contributed by atoms with Crippen molar-refractivity contribution in [3.05, 3.63) is 131 Å². The third kappa shape index (κ3) is 5.41. The summed E-state index contributed by atoms with van der Waals surface area (Å²) in [5.41, 5.74) is 6.66. The Bertz CT molecular complexity index is 1460. The van der Waals surface area contributed by atoms with Crippen LogP contribution in [-0.4, -0.2) is 22.2 Å². The first-order valence-electron chi connectivity index (χ1n) is 12.6. The zero-order valence-electron chi connectivity index (χ0n) is 21.4. The monoisotopic (exact) mass is 489 g/mol. The van der Waals surface area contributed by atoms with Crippen molar-refractivity contribution < 1.29 is 9.21 Å². The van der Waals surface area contributed by atoms with Crippen LogP contribution >= 0.6 is 0 Å². The summed E-state index contributed by atoms with van der Waals surface area (Å²) >= 11 is 0. The quantitative estimate of drug-likeness (QED) is 0.255. The maximum atomic E-state index is 13.5. The van der Waals surface area contributed by atoms with Crippen molar-refractivity contribution in [2.75, 3.05) is 6.54 Å². The average Bonchev–Trinajstić information content (AvgIpc) is 3.54. The van der Waals surface area contributed by atoms with Crippen molar-refractivity contribution in [1.82, 2.24) is 15.1 Å². The van der Waals surface area contributed by atoms with Crippen molar-refractivity contribution in [1.29, 1.82) is 0 Å². The molecule has 5 heteroatoms. The molecule has 0 fully saturated rings. The Kier molecular flexibility index (Phi) is 7.04. The van der Waals surface area contributed by atoms with Gasteiger partial charge in [-0.25, -0.2) is 4.68 Å². The zero-order valence-corrected chi connectivity index (χ0v) is 21.4. The van der Waals surface area contributed by atoms with Crippen LogP contribution in [0, 0.1) is 20.8 Å². The summed E-state index contributed by atoms with van der Waals surface area (Å²) in [6.45, 7) is 6.52. The molecule has 186 valence electrons. The highest BCUT2D eigenvalue weighted by atomic mass is 16.3. The number of nitrogens with zero attached hydrogens (tertiary/aromatic N) is 2. The van der Waals surface area contributed by atoms with Crippen molar-refractivity contribution in [3.63, 3.8) is 0 Å². The summed E-state index contributed by atoms with van der Waals surface area (Å²) in [6, 6.07) is 32.6. The highest BCUT2D eigenvalue weighted by Crippen LogP contribution is 2.28. The fraction of sp³-hybridized carbons (Fsp3) is 0.188. The summed E-state index contributed by atoms with van der Waals surface area (Å²) in [5.74, 6) is 1.47. The van der Waals surface area contributed by atoms with Crippen LogP contribution in [0.4, 0.5) is 0 Å². The van der Waals surface area contributed by atoms with E-state index in [9.17, 15) is 4.79 Å². The Morgan fingerprint density at radius 3 is 2.14 bits per heavy atom. The van der Waals surface area contributed by atoms with Gasteiger partial charge in [-0.3, -0.25) is 4.79 Å². The van der Waals surface area contributed by atoms with Gasteiger partial charge in [-0.1, -0.05) is 78.4 Å². The number of aryl methyl sites for hydroxylation is 3. The smallest absolute Gasteiger partial charge is 0.270 e. The highest BCUT2D eigenvalue weighted by Gasteiger charge is 2.21. The molecule has 0 aliphatic rings. The summed E-state index contributed by atoms with van der Waals surface area (Å²) in [7, 11) is 0. The summed E-state index contributed by atoms with van der Waals surface area (Å²) in [6.07, 6.45) is 0.779. The van der Waals surface area contributed by atoms with E-state index in [2.05, 4.69) is 66.8 Å². The second kappa shape index (κ2) is 10.7. The lowest BCUT2D eigenvalue weighted by Gasteiger charge is -2.18. The number of benzene rings is 3. The van der Waals surface area contributed by atoms with Gasteiger partial charge in [-0.2, -0.15) is 5.10 Å². The molecule has 0 spiro atoms. The summed E-state index contributed by atoms with van der Waals surface area (Å²) in [5, 5.41) is 7.93. The molecule has 3 aromatic carbocycles. The van der Waals surface area contributed by atoms with Gasteiger partial charge in [0, 0.05) is 18.5 Å². The van der Waals surface area contributed by atoms with Gasteiger partial charge in [0.05, 0.1) is 5.69 Å². The van der Waals surface area contributed by atoms with Crippen LogP contribution in [0.3, 0.4) is 0 Å². The van der Waals surface area contributed by atoms with Gasteiger partial charge in [0.25, 0.3) is 5.91 Å². The molecule has 0 atom stereocenters. The third-order valence-corrected chi connectivity index (χ3v) is 6.64. The lowest BCUT2D eigenvalue weighted by Crippen LogP contribution is -2.28. The minimum Gasteiger partial charge on any atom is -0.460 e. The predicted molar refractivity (Wildman–Crippen MR) is 147 cm³/mol. The van der Waals surface area contributed by atoms with E-state index in [-0.39, 0.29) is 11.8 Å². The number of hydrogen-bond donors (Lipinski definition) is 1. The number of carbonyl (C=O) groups excluding carboxylic acids is 1. The molecule has 5 nitrogen and oxygen atoms in total. The molecule has 0 unspecified atom stereocenters. The van der Waals surface area contributed by atoms with E-state index < -0.39 is 0 Å². The number of nitrogens with one attached hydrogen (secondary N) is 1. The van der Waals surface area contributed by atoms with Crippen LogP contribution in [0.5, 0.6) is 0 Å². The van der Waals surface area contributed by atoms with E-state index in [1.165, 1.54) is 11.1 Å². The lowest BCUT2D eigenvalue weighted by atomic mass is 9.88. The van der Waals surface area contributed by atoms with Crippen LogP contribution in [0.15, 0.2) is 101 Å². The van der Waals surface area contributed by atoms with E-state index in [0.29, 0.717) is 23.7 Å². The largest absolute Gasteiger partial charge is 0.460 e. The fourth-order valence-electron chi connectivity index (χ4n) is 4.78. The SMILES string of the molecule is Cc1ccc(-n2nc(-c3ccc(C)o3)cc2C(=O)NCCC(c2ccccc2)c2ccccc2)c(C)c1. The number of hydrogen-bond acceptors (Lipinski definition) is 3. The molecule has 0 aliphatic heterocycles. The lowest BCUT2D eigenvalue weighted by molar-refractivity contribution is 0.0945. The highest BCUT2D eigenvalue weighted by molar-refractivity contribution is 5.94. The van der Waals surface area contributed by atoms with Gasteiger partial charge in [-0.05, 0) is 62.1 Å². The molecule has 37 heavy (non-hydrogen) atoms. The molecule has 2 heterocycles. The molecule has 5 aromatic rings. The first-order chi connectivity index (χ1) is 18.0. The van der Waals surface area contributed by atoms with Crippen molar-refractivity contribution >= 4 is 5.91 Å². The number of amides is 1. The summed E-state index contributed by atoms with van der Waals surface area (Å²) in [4.78, 5) is 13.5. The maximum absolute atomic E-state index is 13.5. The van der Waals surface area contributed by atoms with E-state index in [0.717, 1.165) is 29.0 Å². The van der Waals surface area contributed by atoms with Crippen LogP contribution in [-0.2, 0) is 0 Å². The first-order valence-corrected chi connectivity index (χ1v) is 12.6. The van der Waals surface area contributed by atoms with E-state index in [1.54, 1.807) is 10.7 Å². The molecule has 0 radical (unpaired) electrons. The van der Waals surface area contributed by atoms with Gasteiger partial charge >= 0.3 is 0 Å². The molecule has 0 saturated heterocycles. The van der Waals surface area contributed by atoms with Gasteiger partial charge in [0.2, 0.25) is 0 Å². The minimum atomic E-state index is -0.165. The van der Waals surface area contributed by atoms with Gasteiger partial charge in [-0.15, -0.1) is 0 Å². The molecule has 0 saturated carbocycles. The second-order valence-electron chi connectivity index (χ2n) is 9.45. The molecular weight excluding hydrogens is 458 g/mol. The molecule has 5 rings (SSSR count). The number of rotatable bonds is 8. The van der Waals surface area contributed by atoms with Gasteiger partial charge in [0.15, 0.2) is 5.76 Å². The van der Waals surface area contributed by atoms with Crippen molar-refractivity contribution in [3.8, 4) is 17.1 Å². The molecule has 1 amide bonds. The second-order valence-corrected chi connectivity index (χ2v) is 9.45. The molecule has 2 aromatic heterocycles. The summed E-state index contributed by atoms with van der Waals surface area (Å²) < 4.78 is 7.53. The number of carbonyl (C=O) groups is 1. The van der Waals surface area contributed by atoms with E-state index in [4.69, 9.17) is 9.52 Å². The maximum Gasteiger partial charge on any atom is 0.270 e. The molecule has 0 bridgehead atoms. The Morgan fingerprint density at radius 1 is 0.865 bits per heavy atom.